The molecule has 0 aliphatic rings. The van der Waals surface area contributed by atoms with Crippen molar-refractivity contribution in [2.45, 2.75) is 6.10 Å². The van der Waals surface area contributed by atoms with Gasteiger partial charge in [0.15, 0.2) is 0 Å². The third-order valence-corrected chi connectivity index (χ3v) is 4.35. The molecule has 1 aromatic heterocycles. The number of aliphatic hydroxyl groups excluding tert-OH is 1. The van der Waals surface area contributed by atoms with Gasteiger partial charge in [0, 0.05) is 11.9 Å². The van der Waals surface area contributed by atoms with Crippen molar-refractivity contribution in [3.63, 3.8) is 0 Å². The van der Waals surface area contributed by atoms with E-state index in [4.69, 9.17) is 5.26 Å². The minimum absolute atomic E-state index is 0.386. The molecule has 0 saturated heterocycles. The van der Waals surface area contributed by atoms with E-state index in [1.165, 1.54) is 0 Å². The normalized spacial score (nSPS) is 11.7. The summed E-state index contributed by atoms with van der Waals surface area (Å²) in [7, 11) is 0. The molecule has 0 aliphatic heterocycles. The zero-order valence-electron chi connectivity index (χ0n) is 14.4. The summed E-state index contributed by atoms with van der Waals surface area (Å²) < 4.78 is 0. The van der Waals surface area contributed by atoms with Gasteiger partial charge in [-0.1, -0.05) is 42.5 Å². The molecule has 4 aromatic rings. The number of nitrogens with zero attached hydrogens (tertiary/aromatic N) is 3. The van der Waals surface area contributed by atoms with E-state index in [-0.39, 0.29) is 0 Å². The molecule has 0 saturated carbocycles. The fourth-order valence-electron chi connectivity index (χ4n) is 2.99. The van der Waals surface area contributed by atoms with E-state index in [1.807, 2.05) is 42.5 Å². The smallest absolute Gasteiger partial charge is 0.227 e. The summed E-state index contributed by atoms with van der Waals surface area (Å²) in [5.41, 5.74) is 2.67. The number of benzene rings is 3. The second-order valence-corrected chi connectivity index (χ2v) is 6.09. The van der Waals surface area contributed by atoms with Gasteiger partial charge in [-0.05, 0) is 46.7 Å². The van der Waals surface area contributed by atoms with E-state index in [0.29, 0.717) is 17.2 Å². The first-order valence-corrected chi connectivity index (χ1v) is 8.50. The predicted octanol–water partition coefficient (Wildman–Crippen LogP) is 4.33. The molecule has 130 valence electrons. The average molecular weight is 352 g/mol. The summed E-state index contributed by atoms with van der Waals surface area (Å²) in [5.74, 6) is 0.386. The second-order valence-electron chi connectivity index (χ2n) is 6.09. The van der Waals surface area contributed by atoms with Crippen LogP contribution in [0.5, 0.6) is 0 Å². The maximum absolute atomic E-state index is 10.9. The van der Waals surface area contributed by atoms with Crippen molar-refractivity contribution in [2.24, 2.45) is 0 Å². The molecule has 2 N–H and O–H groups in total. The van der Waals surface area contributed by atoms with E-state index in [9.17, 15) is 5.11 Å². The summed E-state index contributed by atoms with van der Waals surface area (Å²) in [6, 6.07) is 24.6. The fraction of sp³-hybridized carbons (Fsp3) is 0.0455. The molecule has 0 bridgehead atoms. The van der Waals surface area contributed by atoms with E-state index >= 15 is 0 Å². The molecular weight excluding hydrogens is 336 g/mol. The third-order valence-electron chi connectivity index (χ3n) is 4.35. The van der Waals surface area contributed by atoms with Gasteiger partial charge in [0.2, 0.25) is 5.95 Å². The lowest BCUT2D eigenvalue weighted by Gasteiger charge is -2.14. The number of nitriles is 1. The fourth-order valence-corrected chi connectivity index (χ4v) is 2.99. The Morgan fingerprint density at radius 1 is 0.926 bits per heavy atom. The number of aliphatic hydroxyl groups is 1. The molecule has 3 aromatic carbocycles. The van der Waals surface area contributed by atoms with Crippen LogP contribution in [0.1, 0.15) is 22.9 Å². The molecule has 0 spiro atoms. The molecule has 0 aliphatic carbocycles. The number of nitrogens with one attached hydrogen (secondary N) is 1. The van der Waals surface area contributed by atoms with Crippen LogP contribution in [0.2, 0.25) is 0 Å². The maximum atomic E-state index is 10.9. The Kier molecular flexibility index (Phi) is 4.48. The number of anilines is 2. The van der Waals surface area contributed by atoms with Gasteiger partial charge in [-0.25, -0.2) is 9.97 Å². The highest BCUT2D eigenvalue weighted by molar-refractivity contribution is 5.86. The first kappa shape index (κ1) is 16.7. The van der Waals surface area contributed by atoms with Gasteiger partial charge < -0.3 is 10.4 Å². The summed E-state index contributed by atoms with van der Waals surface area (Å²) in [5, 5.41) is 24.9. The lowest BCUT2D eigenvalue weighted by Crippen LogP contribution is -2.06. The molecule has 4 rings (SSSR count). The van der Waals surface area contributed by atoms with E-state index in [1.54, 1.807) is 36.5 Å². The van der Waals surface area contributed by atoms with Gasteiger partial charge in [0.25, 0.3) is 0 Å². The average Bonchev–Trinajstić information content (AvgIpc) is 2.73. The highest BCUT2D eigenvalue weighted by Gasteiger charge is 2.15. The largest absolute Gasteiger partial charge is 0.382 e. The van der Waals surface area contributed by atoms with Crippen LogP contribution >= 0.6 is 0 Å². The Balaban J connectivity index is 1.64. The molecule has 5 heteroatoms. The first-order valence-electron chi connectivity index (χ1n) is 8.50. The molecule has 1 unspecified atom stereocenters. The number of aromatic nitrogens is 2. The highest BCUT2D eigenvalue weighted by atomic mass is 16.3. The molecular formula is C22H16N4O. The van der Waals surface area contributed by atoms with Gasteiger partial charge >= 0.3 is 0 Å². The lowest BCUT2D eigenvalue weighted by atomic mass is 9.99. The van der Waals surface area contributed by atoms with Crippen molar-refractivity contribution in [2.75, 3.05) is 5.32 Å². The van der Waals surface area contributed by atoms with E-state index < -0.39 is 6.10 Å². The summed E-state index contributed by atoms with van der Waals surface area (Å²) in [6.45, 7) is 0. The van der Waals surface area contributed by atoms with Crippen molar-refractivity contribution in [3.8, 4) is 6.07 Å². The van der Waals surface area contributed by atoms with Crippen LogP contribution in [-0.4, -0.2) is 15.1 Å². The first-order chi connectivity index (χ1) is 13.2. The van der Waals surface area contributed by atoms with Crippen LogP contribution < -0.4 is 5.32 Å². The third kappa shape index (κ3) is 3.47. The van der Waals surface area contributed by atoms with Crippen molar-refractivity contribution >= 4 is 22.4 Å². The topological polar surface area (TPSA) is 81.8 Å². The molecule has 1 atom stereocenters. The van der Waals surface area contributed by atoms with Crippen molar-refractivity contribution in [3.05, 3.63) is 95.8 Å². The highest BCUT2D eigenvalue weighted by Crippen LogP contribution is 2.28. The SMILES string of the molecule is N#Cc1ccc(Nc2nccc(C(O)c3cccc4ccccc34)n2)cc1. The Morgan fingerprint density at radius 3 is 2.52 bits per heavy atom. The molecule has 27 heavy (non-hydrogen) atoms. The van der Waals surface area contributed by atoms with Crippen LogP contribution in [0, 0.1) is 11.3 Å². The number of hydrogen-bond acceptors (Lipinski definition) is 5. The minimum Gasteiger partial charge on any atom is -0.382 e. The summed E-state index contributed by atoms with van der Waals surface area (Å²) in [4.78, 5) is 8.67. The molecule has 1 heterocycles. The number of fused-ring (bicyclic) bond motifs is 1. The van der Waals surface area contributed by atoms with Gasteiger partial charge in [0.05, 0.1) is 17.3 Å². The van der Waals surface area contributed by atoms with Crippen LogP contribution in [0.25, 0.3) is 10.8 Å². The predicted molar refractivity (Wildman–Crippen MR) is 104 cm³/mol. The lowest BCUT2D eigenvalue weighted by molar-refractivity contribution is 0.217. The Bertz CT molecular complexity index is 1130. The molecule has 5 nitrogen and oxygen atoms in total. The summed E-state index contributed by atoms with van der Waals surface area (Å²) >= 11 is 0. The van der Waals surface area contributed by atoms with Gasteiger partial charge in [-0.3, -0.25) is 0 Å². The standard InChI is InChI=1S/C22H16N4O/c23-14-15-8-10-17(11-9-15)25-22-24-13-12-20(26-22)21(27)19-7-3-5-16-4-1-2-6-18(16)19/h1-13,21,27H,(H,24,25,26). The van der Waals surface area contributed by atoms with Crippen molar-refractivity contribution in [1.82, 2.24) is 9.97 Å². The van der Waals surface area contributed by atoms with Gasteiger partial charge in [-0.2, -0.15) is 5.26 Å². The van der Waals surface area contributed by atoms with Gasteiger partial charge in [0.1, 0.15) is 6.10 Å². The molecule has 0 amide bonds. The van der Waals surface area contributed by atoms with Gasteiger partial charge in [-0.15, -0.1) is 0 Å². The van der Waals surface area contributed by atoms with Crippen LogP contribution in [0.4, 0.5) is 11.6 Å². The molecule has 0 fully saturated rings. The zero-order valence-corrected chi connectivity index (χ0v) is 14.4. The number of hydrogen-bond donors (Lipinski definition) is 2. The van der Waals surface area contributed by atoms with E-state index in [0.717, 1.165) is 22.0 Å². The van der Waals surface area contributed by atoms with Crippen molar-refractivity contribution < 1.29 is 5.11 Å². The Morgan fingerprint density at radius 2 is 1.70 bits per heavy atom. The molecule has 0 radical (unpaired) electrons. The number of rotatable bonds is 4. The maximum Gasteiger partial charge on any atom is 0.227 e. The summed E-state index contributed by atoms with van der Waals surface area (Å²) in [6.07, 6.45) is 0.753. The van der Waals surface area contributed by atoms with Crippen LogP contribution in [-0.2, 0) is 0 Å². The van der Waals surface area contributed by atoms with Crippen LogP contribution in [0.3, 0.4) is 0 Å². The van der Waals surface area contributed by atoms with Crippen molar-refractivity contribution in [1.29, 1.82) is 5.26 Å². The zero-order chi connectivity index (χ0) is 18.6. The second kappa shape index (κ2) is 7.24. The Labute approximate surface area is 156 Å². The van der Waals surface area contributed by atoms with E-state index in [2.05, 4.69) is 21.4 Å². The minimum atomic E-state index is -0.861. The van der Waals surface area contributed by atoms with Crippen LogP contribution in [0.15, 0.2) is 79.0 Å². The quantitative estimate of drug-likeness (QED) is 0.571. The monoisotopic (exact) mass is 352 g/mol. The Hall–Kier alpha value is -3.75.